The average molecular weight is 303 g/mol. The van der Waals surface area contributed by atoms with Crippen LogP contribution in [0.15, 0.2) is 36.5 Å². The molecule has 2 rings (SSSR count). The molecule has 0 aliphatic rings. The number of anilines is 1. The number of pyridine rings is 1. The Balaban J connectivity index is 2.49. The molecule has 1 heterocycles. The Hall–Kier alpha value is -1.54. The summed E-state index contributed by atoms with van der Waals surface area (Å²) in [7, 11) is 0. The largest absolute Gasteiger partial charge is 0.370 e. The van der Waals surface area contributed by atoms with Gasteiger partial charge in [0.2, 0.25) is 0 Å². The van der Waals surface area contributed by atoms with Crippen molar-refractivity contribution in [1.29, 1.82) is 0 Å². The van der Waals surface area contributed by atoms with Gasteiger partial charge in [-0.05, 0) is 49.6 Å². The highest BCUT2D eigenvalue weighted by Crippen LogP contribution is 2.32. The van der Waals surface area contributed by atoms with Gasteiger partial charge in [-0.25, -0.2) is 0 Å². The van der Waals surface area contributed by atoms with Crippen LogP contribution in [0.1, 0.15) is 32.3 Å². The van der Waals surface area contributed by atoms with Crippen LogP contribution < -0.4 is 4.90 Å². The van der Waals surface area contributed by atoms with Gasteiger partial charge in [0.25, 0.3) is 0 Å². The first-order valence-corrected chi connectivity index (χ1v) is 8.01. The molecule has 0 aliphatic carbocycles. The summed E-state index contributed by atoms with van der Waals surface area (Å²) in [5.41, 5.74) is 4.59. The SMILES string of the molecule is CCCN(CCC)c1cccnc1-c1ccc(Cl)cc1C. The number of benzene rings is 1. The van der Waals surface area contributed by atoms with Gasteiger partial charge in [-0.3, -0.25) is 4.98 Å². The van der Waals surface area contributed by atoms with Crippen molar-refractivity contribution in [1.82, 2.24) is 4.98 Å². The number of aryl methyl sites for hydroxylation is 1. The molecule has 0 amide bonds. The van der Waals surface area contributed by atoms with Crippen molar-refractivity contribution in [2.75, 3.05) is 18.0 Å². The molecule has 3 heteroatoms. The van der Waals surface area contributed by atoms with Crippen LogP contribution in [0.4, 0.5) is 5.69 Å². The molecule has 1 aromatic heterocycles. The van der Waals surface area contributed by atoms with E-state index >= 15 is 0 Å². The summed E-state index contributed by atoms with van der Waals surface area (Å²) in [4.78, 5) is 7.07. The summed E-state index contributed by atoms with van der Waals surface area (Å²) in [6.07, 6.45) is 4.13. The summed E-state index contributed by atoms with van der Waals surface area (Å²) < 4.78 is 0. The fourth-order valence-electron chi connectivity index (χ4n) is 2.64. The zero-order valence-corrected chi connectivity index (χ0v) is 13.8. The molecule has 21 heavy (non-hydrogen) atoms. The van der Waals surface area contributed by atoms with Crippen molar-refractivity contribution in [2.45, 2.75) is 33.6 Å². The van der Waals surface area contributed by atoms with Crippen LogP contribution in [0.5, 0.6) is 0 Å². The Bertz CT molecular complexity index is 590. The lowest BCUT2D eigenvalue weighted by molar-refractivity contribution is 0.744. The molecule has 0 radical (unpaired) electrons. The molecule has 0 aliphatic heterocycles. The van der Waals surface area contributed by atoms with Crippen molar-refractivity contribution in [3.8, 4) is 11.3 Å². The van der Waals surface area contributed by atoms with E-state index in [1.54, 1.807) is 0 Å². The fraction of sp³-hybridized carbons (Fsp3) is 0.389. The van der Waals surface area contributed by atoms with E-state index in [0.29, 0.717) is 0 Å². The number of rotatable bonds is 6. The predicted molar refractivity (Wildman–Crippen MR) is 92.2 cm³/mol. The third-order valence-corrected chi connectivity index (χ3v) is 3.79. The highest BCUT2D eigenvalue weighted by molar-refractivity contribution is 6.30. The highest BCUT2D eigenvalue weighted by Gasteiger charge is 2.14. The Labute approximate surface area is 132 Å². The molecule has 2 nitrogen and oxygen atoms in total. The van der Waals surface area contributed by atoms with Crippen LogP contribution in [0, 0.1) is 6.92 Å². The number of aromatic nitrogens is 1. The number of hydrogen-bond acceptors (Lipinski definition) is 2. The molecule has 0 unspecified atom stereocenters. The lowest BCUT2D eigenvalue weighted by Gasteiger charge is -2.26. The molecule has 0 saturated carbocycles. The molecule has 112 valence electrons. The van der Waals surface area contributed by atoms with Crippen LogP contribution in [-0.4, -0.2) is 18.1 Å². The Morgan fingerprint density at radius 1 is 1.10 bits per heavy atom. The van der Waals surface area contributed by atoms with E-state index in [4.69, 9.17) is 11.6 Å². The van der Waals surface area contributed by atoms with Crippen molar-refractivity contribution >= 4 is 17.3 Å². The van der Waals surface area contributed by atoms with E-state index in [0.717, 1.165) is 47.8 Å². The van der Waals surface area contributed by atoms with Gasteiger partial charge in [-0.15, -0.1) is 0 Å². The lowest BCUT2D eigenvalue weighted by atomic mass is 10.0. The molecule has 1 aromatic carbocycles. The third kappa shape index (κ3) is 3.76. The van der Waals surface area contributed by atoms with Crippen LogP contribution in [0.2, 0.25) is 5.02 Å². The molecule has 0 bridgehead atoms. The number of halogens is 1. The van der Waals surface area contributed by atoms with Crippen LogP contribution in [0.25, 0.3) is 11.3 Å². The predicted octanol–water partition coefficient (Wildman–Crippen LogP) is 5.34. The summed E-state index contributed by atoms with van der Waals surface area (Å²) >= 11 is 6.08. The second kappa shape index (κ2) is 7.46. The normalized spacial score (nSPS) is 10.7. The molecule has 0 fully saturated rings. The minimum atomic E-state index is 0.771. The van der Waals surface area contributed by atoms with Gasteiger partial charge in [0, 0.05) is 29.9 Å². The minimum absolute atomic E-state index is 0.771. The first-order chi connectivity index (χ1) is 10.2. The Morgan fingerprint density at radius 3 is 2.43 bits per heavy atom. The summed E-state index contributed by atoms with van der Waals surface area (Å²) in [6.45, 7) is 8.63. The maximum atomic E-state index is 6.08. The Morgan fingerprint density at radius 2 is 1.81 bits per heavy atom. The van der Waals surface area contributed by atoms with Gasteiger partial charge in [0.05, 0.1) is 11.4 Å². The summed E-state index contributed by atoms with van der Waals surface area (Å²) in [6, 6.07) is 10.2. The van der Waals surface area contributed by atoms with E-state index in [-0.39, 0.29) is 0 Å². The van der Waals surface area contributed by atoms with Crippen molar-refractivity contribution in [2.24, 2.45) is 0 Å². The molecule has 0 N–H and O–H groups in total. The Kier molecular flexibility index (Phi) is 5.63. The quantitative estimate of drug-likeness (QED) is 0.716. The van der Waals surface area contributed by atoms with E-state index in [1.807, 2.05) is 24.4 Å². The number of hydrogen-bond donors (Lipinski definition) is 0. The first-order valence-electron chi connectivity index (χ1n) is 7.63. The second-order valence-corrected chi connectivity index (χ2v) is 5.75. The molecule has 0 atom stereocenters. The molecule has 2 aromatic rings. The van der Waals surface area contributed by atoms with Gasteiger partial charge in [-0.2, -0.15) is 0 Å². The fourth-order valence-corrected chi connectivity index (χ4v) is 2.87. The lowest BCUT2D eigenvalue weighted by Crippen LogP contribution is -2.25. The zero-order chi connectivity index (χ0) is 15.2. The van der Waals surface area contributed by atoms with Gasteiger partial charge in [-0.1, -0.05) is 31.5 Å². The maximum absolute atomic E-state index is 6.08. The second-order valence-electron chi connectivity index (χ2n) is 5.32. The van der Waals surface area contributed by atoms with Crippen LogP contribution >= 0.6 is 11.6 Å². The van der Waals surface area contributed by atoms with E-state index in [9.17, 15) is 0 Å². The topological polar surface area (TPSA) is 16.1 Å². The minimum Gasteiger partial charge on any atom is -0.370 e. The van der Waals surface area contributed by atoms with E-state index in [2.05, 4.69) is 42.8 Å². The average Bonchev–Trinajstić information content (AvgIpc) is 2.47. The molecule has 0 saturated heterocycles. The van der Waals surface area contributed by atoms with Crippen LogP contribution in [0.3, 0.4) is 0 Å². The summed E-state index contributed by atoms with van der Waals surface area (Å²) in [5.74, 6) is 0. The van der Waals surface area contributed by atoms with Gasteiger partial charge in [0.1, 0.15) is 0 Å². The zero-order valence-electron chi connectivity index (χ0n) is 13.1. The summed E-state index contributed by atoms with van der Waals surface area (Å²) in [5, 5.41) is 0.771. The van der Waals surface area contributed by atoms with Crippen molar-refractivity contribution in [3.63, 3.8) is 0 Å². The van der Waals surface area contributed by atoms with Crippen LogP contribution in [-0.2, 0) is 0 Å². The highest BCUT2D eigenvalue weighted by atomic mass is 35.5. The van der Waals surface area contributed by atoms with Gasteiger partial charge in [0.15, 0.2) is 0 Å². The van der Waals surface area contributed by atoms with E-state index in [1.165, 1.54) is 5.69 Å². The number of nitrogens with zero attached hydrogens (tertiary/aromatic N) is 2. The molecular formula is C18H23ClN2. The monoisotopic (exact) mass is 302 g/mol. The third-order valence-electron chi connectivity index (χ3n) is 3.56. The standard InChI is InChI=1S/C18H23ClN2/c1-4-11-21(12-5-2)17-7-6-10-20-18(17)16-9-8-15(19)13-14(16)3/h6-10,13H,4-5,11-12H2,1-3H3. The van der Waals surface area contributed by atoms with Crippen molar-refractivity contribution in [3.05, 3.63) is 47.1 Å². The smallest absolute Gasteiger partial charge is 0.0937 e. The first kappa shape index (κ1) is 15.8. The maximum Gasteiger partial charge on any atom is 0.0937 e. The van der Waals surface area contributed by atoms with Crippen molar-refractivity contribution < 1.29 is 0 Å². The molecule has 0 spiro atoms. The van der Waals surface area contributed by atoms with Gasteiger partial charge >= 0.3 is 0 Å². The van der Waals surface area contributed by atoms with E-state index < -0.39 is 0 Å². The molecular weight excluding hydrogens is 280 g/mol. The van der Waals surface area contributed by atoms with Gasteiger partial charge < -0.3 is 4.90 Å².